The van der Waals surface area contributed by atoms with Crippen molar-refractivity contribution in [1.82, 2.24) is 9.88 Å². The summed E-state index contributed by atoms with van der Waals surface area (Å²) in [7, 11) is 0. The second-order valence-corrected chi connectivity index (χ2v) is 6.87. The molecule has 3 rings (SSSR count). The molecule has 0 atom stereocenters. The standard InChI is InChI=1S/C21H23N3O3/c1-6-23-14(4)10-16(15(23)5)11-18-19(25)22-21(27)24(20(18)26)17-8-12(2)7-13(3)9-17/h7-11H,6H2,1-5H3,(H,22,25,27)/b18-11+. The Morgan fingerprint density at radius 2 is 1.59 bits per heavy atom. The Morgan fingerprint density at radius 1 is 0.963 bits per heavy atom. The number of benzene rings is 1. The van der Waals surface area contributed by atoms with Crippen LogP contribution in [0.4, 0.5) is 10.5 Å². The van der Waals surface area contributed by atoms with E-state index in [1.165, 1.54) is 0 Å². The van der Waals surface area contributed by atoms with E-state index in [0.29, 0.717) is 5.69 Å². The van der Waals surface area contributed by atoms with Crippen molar-refractivity contribution in [3.05, 3.63) is 57.9 Å². The lowest BCUT2D eigenvalue weighted by molar-refractivity contribution is -0.122. The van der Waals surface area contributed by atoms with Gasteiger partial charge in [-0.2, -0.15) is 0 Å². The van der Waals surface area contributed by atoms with Crippen LogP contribution in [0.2, 0.25) is 0 Å². The minimum atomic E-state index is -0.730. The van der Waals surface area contributed by atoms with Gasteiger partial charge >= 0.3 is 6.03 Å². The van der Waals surface area contributed by atoms with Gasteiger partial charge in [-0.3, -0.25) is 14.9 Å². The van der Waals surface area contributed by atoms with Crippen LogP contribution in [0.1, 0.15) is 35.0 Å². The highest BCUT2D eigenvalue weighted by Crippen LogP contribution is 2.25. The third kappa shape index (κ3) is 3.30. The van der Waals surface area contributed by atoms with Crippen LogP contribution in [0.3, 0.4) is 0 Å². The SMILES string of the molecule is CCn1c(C)cc(/C=C2\C(=O)NC(=O)N(c3cc(C)cc(C)c3)C2=O)c1C. The zero-order chi connectivity index (χ0) is 19.9. The molecule has 0 spiro atoms. The summed E-state index contributed by atoms with van der Waals surface area (Å²) in [6.45, 7) is 10.5. The summed E-state index contributed by atoms with van der Waals surface area (Å²) in [5.41, 5.74) is 5.07. The highest BCUT2D eigenvalue weighted by molar-refractivity contribution is 6.39. The molecule has 0 unspecified atom stereocenters. The smallest absolute Gasteiger partial charge is 0.335 e. The highest BCUT2D eigenvalue weighted by Gasteiger charge is 2.37. The van der Waals surface area contributed by atoms with Crippen molar-refractivity contribution in [3.63, 3.8) is 0 Å². The number of nitrogens with one attached hydrogen (secondary N) is 1. The molecule has 0 bridgehead atoms. The summed E-state index contributed by atoms with van der Waals surface area (Å²) >= 11 is 0. The minimum absolute atomic E-state index is 0.0508. The topological polar surface area (TPSA) is 71.4 Å². The second-order valence-electron chi connectivity index (χ2n) is 6.87. The Kier molecular flexibility index (Phi) is 4.74. The molecule has 6 nitrogen and oxygen atoms in total. The third-order valence-electron chi connectivity index (χ3n) is 4.80. The zero-order valence-electron chi connectivity index (χ0n) is 16.2. The van der Waals surface area contributed by atoms with Crippen LogP contribution >= 0.6 is 0 Å². The summed E-state index contributed by atoms with van der Waals surface area (Å²) < 4.78 is 2.10. The van der Waals surface area contributed by atoms with E-state index in [4.69, 9.17) is 0 Å². The normalized spacial score (nSPS) is 16.3. The van der Waals surface area contributed by atoms with Gasteiger partial charge in [-0.1, -0.05) is 6.07 Å². The van der Waals surface area contributed by atoms with Crippen molar-refractivity contribution in [3.8, 4) is 0 Å². The summed E-state index contributed by atoms with van der Waals surface area (Å²) in [5.74, 6) is -1.29. The molecule has 1 saturated heterocycles. The number of carbonyl (C=O) groups excluding carboxylic acids is 3. The number of urea groups is 1. The number of nitrogens with zero attached hydrogens (tertiary/aromatic N) is 2. The molecule has 140 valence electrons. The fourth-order valence-corrected chi connectivity index (χ4v) is 3.59. The Bertz CT molecular complexity index is 978. The van der Waals surface area contributed by atoms with Crippen molar-refractivity contribution in [2.45, 2.75) is 41.2 Å². The third-order valence-corrected chi connectivity index (χ3v) is 4.80. The van der Waals surface area contributed by atoms with Gasteiger partial charge in [-0.15, -0.1) is 0 Å². The average molecular weight is 365 g/mol. The number of barbiturate groups is 1. The first-order valence-electron chi connectivity index (χ1n) is 8.89. The molecule has 6 heteroatoms. The first kappa shape index (κ1) is 18.6. The molecule has 1 aromatic heterocycles. The summed E-state index contributed by atoms with van der Waals surface area (Å²) in [6.07, 6.45) is 1.56. The van der Waals surface area contributed by atoms with Crippen LogP contribution in [0.15, 0.2) is 29.8 Å². The first-order valence-corrected chi connectivity index (χ1v) is 8.89. The van der Waals surface area contributed by atoms with E-state index < -0.39 is 17.8 Å². The quantitative estimate of drug-likeness (QED) is 0.669. The van der Waals surface area contributed by atoms with Crippen LogP contribution in [0, 0.1) is 27.7 Å². The maximum Gasteiger partial charge on any atom is 0.335 e. The number of anilines is 1. The molecule has 0 saturated carbocycles. The predicted octanol–water partition coefficient (Wildman–Crippen LogP) is 3.41. The number of amides is 4. The Labute approximate surface area is 158 Å². The fraction of sp³-hybridized carbons (Fsp3) is 0.286. The van der Waals surface area contributed by atoms with Crippen molar-refractivity contribution < 1.29 is 14.4 Å². The Morgan fingerprint density at radius 3 is 2.15 bits per heavy atom. The van der Waals surface area contributed by atoms with Crippen LogP contribution in [0.5, 0.6) is 0 Å². The molecule has 1 N–H and O–H groups in total. The lowest BCUT2D eigenvalue weighted by Gasteiger charge is -2.27. The van der Waals surface area contributed by atoms with Gasteiger partial charge in [0.2, 0.25) is 0 Å². The number of hydrogen-bond donors (Lipinski definition) is 1. The van der Waals surface area contributed by atoms with E-state index in [2.05, 4.69) is 9.88 Å². The van der Waals surface area contributed by atoms with Gasteiger partial charge in [0.15, 0.2) is 0 Å². The second kappa shape index (κ2) is 6.87. The molecule has 0 radical (unpaired) electrons. The van der Waals surface area contributed by atoms with Crippen LogP contribution in [-0.4, -0.2) is 22.4 Å². The minimum Gasteiger partial charge on any atom is -0.349 e. The number of carbonyl (C=O) groups is 3. The predicted molar refractivity (Wildman–Crippen MR) is 104 cm³/mol. The van der Waals surface area contributed by atoms with E-state index >= 15 is 0 Å². The molecule has 27 heavy (non-hydrogen) atoms. The van der Waals surface area contributed by atoms with Crippen LogP contribution < -0.4 is 10.2 Å². The highest BCUT2D eigenvalue weighted by atomic mass is 16.2. The lowest BCUT2D eigenvalue weighted by atomic mass is 10.1. The molecular weight excluding hydrogens is 342 g/mol. The summed E-state index contributed by atoms with van der Waals surface area (Å²) in [6, 6.07) is 6.66. The molecule has 1 aromatic carbocycles. The van der Waals surface area contributed by atoms with Gasteiger partial charge in [0.25, 0.3) is 11.8 Å². The van der Waals surface area contributed by atoms with Crippen molar-refractivity contribution in [2.24, 2.45) is 0 Å². The molecule has 2 heterocycles. The van der Waals surface area contributed by atoms with Crippen LogP contribution in [-0.2, 0) is 16.1 Å². The molecular formula is C21H23N3O3. The average Bonchev–Trinajstić information content (AvgIpc) is 2.83. The number of aryl methyl sites for hydroxylation is 3. The van der Waals surface area contributed by atoms with Crippen molar-refractivity contribution in [2.75, 3.05) is 4.90 Å². The maximum absolute atomic E-state index is 13.0. The largest absolute Gasteiger partial charge is 0.349 e. The van der Waals surface area contributed by atoms with Crippen LogP contribution in [0.25, 0.3) is 6.08 Å². The number of hydrogen-bond acceptors (Lipinski definition) is 3. The Hall–Kier alpha value is -3.15. The number of rotatable bonds is 3. The zero-order valence-corrected chi connectivity index (χ0v) is 16.2. The molecule has 1 aliphatic heterocycles. The van der Waals surface area contributed by atoms with E-state index in [-0.39, 0.29) is 5.57 Å². The van der Waals surface area contributed by atoms with Gasteiger partial charge in [0, 0.05) is 17.9 Å². The van der Waals surface area contributed by atoms with Gasteiger partial charge in [-0.25, -0.2) is 9.69 Å². The first-order chi connectivity index (χ1) is 12.7. The van der Waals surface area contributed by atoms with Gasteiger partial charge in [0.1, 0.15) is 5.57 Å². The number of aromatic nitrogens is 1. The molecule has 1 fully saturated rings. The monoisotopic (exact) mass is 365 g/mol. The molecule has 2 aromatic rings. The number of imide groups is 2. The summed E-state index contributed by atoms with van der Waals surface area (Å²) in [4.78, 5) is 38.7. The van der Waals surface area contributed by atoms with Crippen molar-refractivity contribution in [1.29, 1.82) is 0 Å². The molecule has 0 aliphatic carbocycles. The summed E-state index contributed by atoms with van der Waals surface area (Å²) in [5, 5.41) is 2.27. The van der Waals surface area contributed by atoms with Gasteiger partial charge in [0.05, 0.1) is 5.69 Å². The van der Waals surface area contributed by atoms with E-state index in [0.717, 1.165) is 39.5 Å². The van der Waals surface area contributed by atoms with E-state index in [9.17, 15) is 14.4 Å². The Balaban J connectivity index is 2.07. The van der Waals surface area contributed by atoms with E-state index in [1.807, 2.05) is 46.8 Å². The van der Waals surface area contributed by atoms with Gasteiger partial charge in [-0.05, 0) is 75.6 Å². The lowest BCUT2D eigenvalue weighted by Crippen LogP contribution is -2.54. The van der Waals surface area contributed by atoms with E-state index in [1.54, 1.807) is 18.2 Å². The van der Waals surface area contributed by atoms with Gasteiger partial charge < -0.3 is 4.57 Å². The molecule has 1 aliphatic rings. The van der Waals surface area contributed by atoms with Crippen molar-refractivity contribution >= 4 is 29.6 Å². The fourth-order valence-electron chi connectivity index (χ4n) is 3.59. The molecule has 4 amide bonds. The maximum atomic E-state index is 13.0.